The average Bonchev–Trinajstić information content (AvgIpc) is 2.19. The Kier molecular flexibility index (Phi) is 7.14. The lowest BCUT2D eigenvalue weighted by Gasteiger charge is -2.25. The summed E-state index contributed by atoms with van der Waals surface area (Å²) in [6, 6.07) is 0. The average molecular weight is 217 g/mol. The molecule has 0 amide bonds. The molecule has 0 aliphatic rings. The van der Waals surface area contributed by atoms with Crippen LogP contribution in [-0.2, 0) is 0 Å². The van der Waals surface area contributed by atoms with E-state index in [4.69, 9.17) is 0 Å². The molecule has 2 unspecified atom stereocenters. The highest BCUT2D eigenvalue weighted by atomic mass is 16.3. The summed E-state index contributed by atoms with van der Waals surface area (Å²) in [6.45, 7) is 9.07. The van der Waals surface area contributed by atoms with Crippen LogP contribution in [0, 0.1) is 5.92 Å². The van der Waals surface area contributed by atoms with Crippen molar-refractivity contribution in [3.63, 3.8) is 0 Å². The molecule has 0 radical (unpaired) electrons. The normalized spacial score (nSPS) is 17.8. The summed E-state index contributed by atoms with van der Waals surface area (Å²) >= 11 is 0. The third kappa shape index (κ3) is 6.13. The highest BCUT2D eigenvalue weighted by molar-refractivity contribution is 4.75. The fourth-order valence-corrected chi connectivity index (χ4v) is 1.61. The zero-order valence-corrected chi connectivity index (χ0v) is 10.6. The zero-order chi connectivity index (χ0) is 11.9. The van der Waals surface area contributed by atoms with E-state index < -0.39 is 5.60 Å². The van der Waals surface area contributed by atoms with Crippen molar-refractivity contribution in [3.05, 3.63) is 0 Å². The number of hydrogen-bond donors (Lipinski definition) is 3. The highest BCUT2D eigenvalue weighted by Gasteiger charge is 2.19. The summed E-state index contributed by atoms with van der Waals surface area (Å²) in [4.78, 5) is 0. The Morgan fingerprint density at radius 3 is 2.13 bits per heavy atom. The van der Waals surface area contributed by atoms with E-state index in [2.05, 4.69) is 19.2 Å². The predicted molar refractivity (Wildman–Crippen MR) is 63.9 cm³/mol. The molecular weight excluding hydrogens is 190 g/mol. The molecule has 0 aromatic rings. The van der Waals surface area contributed by atoms with E-state index in [1.807, 2.05) is 13.8 Å². The fourth-order valence-electron chi connectivity index (χ4n) is 1.61. The van der Waals surface area contributed by atoms with Crippen LogP contribution < -0.4 is 5.32 Å². The van der Waals surface area contributed by atoms with E-state index in [-0.39, 0.29) is 6.10 Å². The van der Waals surface area contributed by atoms with E-state index in [0.717, 1.165) is 19.3 Å². The second-order valence-corrected chi connectivity index (χ2v) is 4.63. The topological polar surface area (TPSA) is 52.5 Å². The van der Waals surface area contributed by atoms with Crippen LogP contribution in [0.5, 0.6) is 0 Å². The van der Waals surface area contributed by atoms with E-state index in [9.17, 15) is 10.2 Å². The van der Waals surface area contributed by atoms with Crippen molar-refractivity contribution in [2.45, 2.75) is 58.7 Å². The highest BCUT2D eigenvalue weighted by Crippen LogP contribution is 2.12. The summed E-state index contributed by atoms with van der Waals surface area (Å²) in [5.41, 5.74) is -0.659. The minimum atomic E-state index is -0.659. The molecular formula is C12H27NO2. The molecule has 3 N–H and O–H groups in total. The van der Waals surface area contributed by atoms with Crippen LogP contribution >= 0.6 is 0 Å². The van der Waals surface area contributed by atoms with E-state index in [1.54, 1.807) is 0 Å². The summed E-state index contributed by atoms with van der Waals surface area (Å²) < 4.78 is 0. The van der Waals surface area contributed by atoms with Crippen molar-refractivity contribution >= 4 is 0 Å². The molecule has 0 bridgehead atoms. The van der Waals surface area contributed by atoms with Gasteiger partial charge in [-0.05, 0) is 19.3 Å². The summed E-state index contributed by atoms with van der Waals surface area (Å²) in [5.74, 6) is 0.365. The van der Waals surface area contributed by atoms with E-state index >= 15 is 0 Å². The molecule has 92 valence electrons. The van der Waals surface area contributed by atoms with Crippen LogP contribution in [0.3, 0.4) is 0 Å². The minimum Gasteiger partial charge on any atom is -0.392 e. The van der Waals surface area contributed by atoms with Crippen LogP contribution in [0.2, 0.25) is 0 Å². The molecule has 0 aliphatic heterocycles. The van der Waals surface area contributed by atoms with Crippen molar-refractivity contribution in [3.8, 4) is 0 Å². The lowest BCUT2D eigenvalue weighted by molar-refractivity contribution is 0.0459. The van der Waals surface area contributed by atoms with Crippen molar-refractivity contribution in [1.29, 1.82) is 0 Å². The molecule has 0 fully saturated rings. The van der Waals surface area contributed by atoms with Crippen molar-refractivity contribution in [1.82, 2.24) is 5.32 Å². The lowest BCUT2D eigenvalue weighted by atomic mass is 9.96. The van der Waals surface area contributed by atoms with Crippen LogP contribution in [0.1, 0.15) is 47.0 Å². The number of aliphatic hydroxyl groups excluding tert-OH is 1. The first-order chi connectivity index (χ1) is 6.96. The van der Waals surface area contributed by atoms with Crippen molar-refractivity contribution < 1.29 is 10.2 Å². The molecule has 0 spiro atoms. The Hall–Kier alpha value is -0.120. The van der Waals surface area contributed by atoms with Crippen LogP contribution in [-0.4, -0.2) is 35.0 Å². The van der Waals surface area contributed by atoms with Gasteiger partial charge in [0.15, 0.2) is 0 Å². The third-order valence-electron chi connectivity index (χ3n) is 3.21. The van der Waals surface area contributed by atoms with Crippen LogP contribution in [0.25, 0.3) is 0 Å². The number of hydrogen-bond acceptors (Lipinski definition) is 3. The monoisotopic (exact) mass is 217 g/mol. The van der Waals surface area contributed by atoms with E-state index in [0.29, 0.717) is 19.0 Å². The Labute approximate surface area is 93.9 Å². The third-order valence-corrected chi connectivity index (χ3v) is 3.21. The first kappa shape index (κ1) is 14.9. The van der Waals surface area contributed by atoms with Gasteiger partial charge in [-0.1, -0.05) is 33.6 Å². The van der Waals surface area contributed by atoms with Gasteiger partial charge in [-0.3, -0.25) is 0 Å². The van der Waals surface area contributed by atoms with Gasteiger partial charge in [-0.15, -0.1) is 0 Å². The van der Waals surface area contributed by atoms with Gasteiger partial charge >= 0.3 is 0 Å². The second-order valence-electron chi connectivity index (χ2n) is 4.63. The SMILES string of the molecule is CCC(CC)C(O)CNCC(C)(O)CC. The van der Waals surface area contributed by atoms with Gasteiger partial charge in [-0.2, -0.15) is 0 Å². The zero-order valence-electron chi connectivity index (χ0n) is 10.6. The molecule has 0 rings (SSSR count). The van der Waals surface area contributed by atoms with Gasteiger partial charge in [0.05, 0.1) is 11.7 Å². The molecule has 3 nitrogen and oxygen atoms in total. The van der Waals surface area contributed by atoms with E-state index in [1.165, 1.54) is 0 Å². The Bertz CT molecular complexity index is 156. The quantitative estimate of drug-likeness (QED) is 0.578. The molecule has 0 aromatic carbocycles. The predicted octanol–water partition coefficient (Wildman–Crippen LogP) is 1.53. The molecule has 0 aliphatic carbocycles. The van der Waals surface area contributed by atoms with Gasteiger partial charge in [0.25, 0.3) is 0 Å². The number of rotatable bonds is 8. The van der Waals surface area contributed by atoms with Gasteiger partial charge in [0.1, 0.15) is 0 Å². The van der Waals surface area contributed by atoms with Crippen LogP contribution in [0.15, 0.2) is 0 Å². The van der Waals surface area contributed by atoms with Crippen LogP contribution in [0.4, 0.5) is 0 Å². The molecule has 0 saturated carbocycles. The molecule has 2 atom stereocenters. The van der Waals surface area contributed by atoms with Gasteiger partial charge in [0.2, 0.25) is 0 Å². The first-order valence-corrected chi connectivity index (χ1v) is 6.08. The van der Waals surface area contributed by atoms with Gasteiger partial charge in [0, 0.05) is 13.1 Å². The molecule has 0 heterocycles. The standard InChI is InChI=1S/C12H27NO2/c1-5-10(6-2)11(14)8-13-9-12(4,15)7-3/h10-11,13-15H,5-9H2,1-4H3. The molecule has 0 saturated heterocycles. The van der Waals surface area contributed by atoms with Gasteiger partial charge in [-0.25, -0.2) is 0 Å². The summed E-state index contributed by atoms with van der Waals surface area (Å²) in [7, 11) is 0. The minimum absolute atomic E-state index is 0.298. The maximum Gasteiger partial charge on any atom is 0.0741 e. The van der Waals surface area contributed by atoms with Crippen molar-refractivity contribution in [2.75, 3.05) is 13.1 Å². The number of aliphatic hydroxyl groups is 2. The maximum absolute atomic E-state index is 9.83. The molecule has 15 heavy (non-hydrogen) atoms. The van der Waals surface area contributed by atoms with Gasteiger partial charge < -0.3 is 15.5 Å². The van der Waals surface area contributed by atoms with Crippen molar-refractivity contribution in [2.24, 2.45) is 5.92 Å². The Morgan fingerprint density at radius 1 is 1.20 bits per heavy atom. The fraction of sp³-hybridized carbons (Fsp3) is 1.00. The number of nitrogens with one attached hydrogen (secondary N) is 1. The first-order valence-electron chi connectivity index (χ1n) is 6.08. The lowest BCUT2D eigenvalue weighted by Crippen LogP contribution is -2.41. The summed E-state index contributed by atoms with van der Waals surface area (Å²) in [6.07, 6.45) is 2.43. The Balaban J connectivity index is 3.76. The summed E-state index contributed by atoms with van der Waals surface area (Å²) in [5, 5.41) is 22.7. The second kappa shape index (κ2) is 7.20. The molecule has 0 aromatic heterocycles. The smallest absolute Gasteiger partial charge is 0.0741 e. The maximum atomic E-state index is 9.83. The largest absolute Gasteiger partial charge is 0.392 e. The molecule has 3 heteroatoms. The Morgan fingerprint density at radius 2 is 1.73 bits per heavy atom.